The van der Waals surface area contributed by atoms with Crippen molar-refractivity contribution in [2.24, 2.45) is 0 Å². The average molecular weight is 144 g/mol. The van der Waals surface area contributed by atoms with Crippen molar-refractivity contribution in [3.63, 3.8) is 0 Å². The molecule has 1 fully saturated rings. The van der Waals surface area contributed by atoms with Crippen LogP contribution in [0.1, 0.15) is 26.2 Å². The van der Waals surface area contributed by atoms with E-state index in [4.69, 9.17) is 4.74 Å². The van der Waals surface area contributed by atoms with Gasteiger partial charge in [0.15, 0.2) is 0 Å². The third kappa shape index (κ3) is 1.40. The molecular formula is C7H12O3. The van der Waals surface area contributed by atoms with Crippen LogP contribution in [0.2, 0.25) is 0 Å². The van der Waals surface area contributed by atoms with Crippen molar-refractivity contribution in [2.45, 2.75) is 31.8 Å². The first-order valence-electron chi connectivity index (χ1n) is 3.43. The van der Waals surface area contributed by atoms with Gasteiger partial charge in [-0.1, -0.05) is 0 Å². The van der Waals surface area contributed by atoms with Crippen LogP contribution in [0.15, 0.2) is 0 Å². The highest BCUT2D eigenvalue weighted by Crippen LogP contribution is 2.34. The van der Waals surface area contributed by atoms with Crippen LogP contribution in [0.3, 0.4) is 0 Å². The first kappa shape index (κ1) is 7.38. The molecule has 0 unspecified atom stereocenters. The fraction of sp³-hybridized carbons (Fsp3) is 0.857. The second-order valence-electron chi connectivity index (χ2n) is 2.86. The van der Waals surface area contributed by atoms with Crippen LogP contribution in [0.4, 0.5) is 4.79 Å². The molecule has 0 amide bonds. The van der Waals surface area contributed by atoms with Gasteiger partial charge in [0, 0.05) is 0 Å². The van der Waals surface area contributed by atoms with Crippen LogP contribution < -0.4 is 0 Å². The molecule has 1 aliphatic rings. The Labute approximate surface area is 60.3 Å². The largest absolute Gasteiger partial charge is 0.508 e. The Kier molecular flexibility index (Phi) is 1.83. The molecular weight excluding hydrogens is 132 g/mol. The van der Waals surface area contributed by atoms with Gasteiger partial charge in [0.05, 0.1) is 7.11 Å². The standard InChI is InChI=1S/C7H12O3/c1-7(4-3-5-7)10-6(8)9-2/h3-5H2,1-2H3. The summed E-state index contributed by atoms with van der Waals surface area (Å²) in [6.07, 6.45) is 2.50. The third-order valence-corrected chi connectivity index (χ3v) is 1.91. The Morgan fingerprint density at radius 3 is 2.40 bits per heavy atom. The number of carbonyl (C=O) groups is 1. The Hall–Kier alpha value is -0.730. The summed E-state index contributed by atoms with van der Waals surface area (Å²) in [6.45, 7) is 1.92. The summed E-state index contributed by atoms with van der Waals surface area (Å²) in [4.78, 5) is 10.6. The smallest absolute Gasteiger partial charge is 0.438 e. The van der Waals surface area contributed by atoms with E-state index in [0.29, 0.717) is 0 Å². The van der Waals surface area contributed by atoms with Crippen molar-refractivity contribution in [1.82, 2.24) is 0 Å². The van der Waals surface area contributed by atoms with E-state index >= 15 is 0 Å². The van der Waals surface area contributed by atoms with E-state index in [1.807, 2.05) is 6.92 Å². The summed E-state index contributed by atoms with van der Waals surface area (Å²) in [6, 6.07) is 0. The zero-order valence-electron chi connectivity index (χ0n) is 6.35. The monoisotopic (exact) mass is 144 g/mol. The van der Waals surface area contributed by atoms with E-state index in [1.54, 1.807) is 0 Å². The fourth-order valence-electron chi connectivity index (χ4n) is 1.02. The lowest BCUT2D eigenvalue weighted by Crippen LogP contribution is -2.38. The van der Waals surface area contributed by atoms with E-state index in [2.05, 4.69) is 4.74 Å². The zero-order chi connectivity index (χ0) is 7.61. The van der Waals surface area contributed by atoms with Crippen molar-refractivity contribution in [3.8, 4) is 0 Å². The van der Waals surface area contributed by atoms with Gasteiger partial charge in [0.25, 0.3) is 0 Å². The summed E-state index contributed by atoms with van der Waals surface area (Å²) in [5.41, 5.74) is -0.229. The number of methoxy groups -OCH3 is 1. The molecule has 0 aliphatic heterocycles. The van der Waals surface area contributed by atoms with Crippen LogP contribution in [-0.2, 0) is 9.47 Å². The normalized spacial score (nSPS) is 21.0. The predicted octanol–water partition coefficient (Wildman–Crippen LogP) is 1.71. The van der Waals surface area contributed by atoms with E-state index < -0.39 is 6.16 Å². The second-order valence-corrected chi connectivity index (χ2v) is 2.86. The van der Waals surface area contributed by atoms with E-state index in [0.717, 1.165) is 19.3 Å². The summed E-state index contributed by atoms with van der Waals surface area (Å²) in [7, 11) is 1.32. The molecule has 1 saturated carbocycles. The van der Waals surface area contributed by atoms with Gasteiger partial charge in [-0.3, -0.25) is 0 Å². The molecule has 0 aromatic heterocycles. The summed E-state index contributed by atoms with van der Waals surface area (Å²) < 4.78 is 9.32. The maximum atomic E-state index is 10.6. The SMILES string of the molecule is COC(=O)OC1(C)CCC1. The van der Waals surface area contributed by atoms with Gasteiger partial charge in [0.1, 0.15) is 5.60 Å². The summed E-state index contributed by atoms with van der Waals surface area (Å²) in [5.74, 6) is 0. The fourth-order valence-corrected chi connectivity index (χ4v) is 1.02. The molecule has 0 heterocycles. The lowest BCUT2D eigenvalue weighted by molar-refractivity contribution is -0.0613. The maximum Gasteiger partial charge on any atom is 0.508 e. The Bertz CT molecular complexity index is 138. The minimum Gasteiger partial charge on any atom is -0.438 e. The topological polar surface area (TPSA) is 35.5 Å². The molecule has 0 N–H and O–H groups in total. The second kappa shape index (κ2) is 2.48. The Balaban J connectivity index is 2.29. The highest BCUT2D eigenvalue weighted by Gasteiger charge is 2.36. The quantitative estimate of drug-likeness (QED) is 0.525. The van der Waals surface area contributed by atoms with Gasteiger partial charge in [-0.25, -0.2) is 4.79 Å². The first-order chi connectivity index (χ1) is 4.66. The van der Waals surface area contributed by atoms with Crippen LogP contribution in [0.25, 0.3) is 0 Å². The van der Waals surface area contributed by atoms with E-state index in [-0.39, 0.29) is 5.60 Å². The van der Waals surface area contributed by atoms with Crippen LogP contribution in [-0.4, -0.2) is 18.9 Å². The molecule has 3 nitrogen and oxygen atoms in total. The van der Waals surface area contributed by atoms with E-state index in [1.165, 1.54) is 7.11 Å². The lowest BCUT2D eigenvalue weighted by Gasteiger charge is -2.36. The van der Waals surface area contributed by atoms with Gasteiger partial charge in [0.2, 0.25) is 0 Å². The van der Waals surface area contributed by atoms with Gasteiger partial charge in [-0.2, -0.15) is 0 Å². The Morgan fingerprint density at radius 2 is 2.10 bits per heavy atom. The average Bonchev–Trinajstić information content (AvgIpc) is 1.84. The third-order valence-electron chi connectivity index (χ3n) is 1.91. The summed E-state index contributed by atoms with van der Waals surface area (Å²) in [5, 5.41) is 0. The number of rotatable bonds is 1. The molecule has 0 spiro atoms. The molecule has 0 bridgehead atoms. The Morgan fingerprint density at radius 1 is 1.50 bits per heavy atom. The van der Waals surface area contributed by atoms with Gasteiger partial charge in [-0.15, -0.1) is 0 Å². The van der Waals surface area contributed by atoms with Gasteiger partial charge in [-0.05, 0) is 26.2 Å². The number of ether oxygens (including phenoxy) is 2. The molecule has 1 aliphatic carbocycles. The van der Waals surface area contributed by atoms with Crippen molar-refractivity contribution < 1.29 is 14.3 Å². The first-order valence-corrected chi connectivity index (χ1v) is 3.43. The molecule has 3 heteroatoms. The summed E-state index contributed by atoms with van der Waals surface area (Å²) >= 11 is 0. The molecule has 58 valence electrons. The molecule has 1 rings (SSSR count). The van der Waals surface area contributed by atoms with Crippen molar-refractivity contribution >= 4 is 6.16 Å². The van der Waals surface area contributed by atoms with Gasteiger partial charge >= 0.3 is 6.16 Å². The molecule has 0 saturated heterocycles. The highest BCUT2D eigenvalue weighted by molar-refractivity contribution is 5.60. The number of carbonyl (C=O) groups excluding carboxylic acids is 1. The molecule has 0 aromatic carbocycles. The molecule has 0 aromatic rings. The van der Waals surface area contributed by atoms with E-state index in [9.17, 15) is 4.79 Å². The van der Waals surface area contributed by atoms with Crippen LogP contribution in [0.5, 0.6) is 0 Å². The maximum absolute atomic E-state index is 10.6. The van der Waals surface area contributed by atoms with Crippen LogP contribution in [0, 0.1) is 0 Å². The number of hydrogen-bond acceptors (Lipinski definition) is 3. The predicted molar refractivity (Wildman–Crippen MR) is 35.7 cm³/mol. The van der Waals surface area contributed by atoms with Gasteiger partial charge < -0.3 is 9.47 Å². The highest BCUT2D eigenvalue weighted by atomic mass is 16.7. The van der Waals surface area contributed by atoms with Crippen molar-refractivity contribution in [2.75, 3.05) is 7.11 Å². The van der Waals surface area contributed by atoms with Crippen LogP contribution >= 0.6 is 0 Å². The zero-order valence-corrected chi connectivity index (χ0v) is 6.35. The minimum absolute atomic E-state index is 0.229. The molecule has 0 radical (unpaired) electrons. The number of hydrogen-bond donors (Lipinski definition) is 0. The minimum atomic E-state index is -0.567. The molecule has 0 atom stereocenters. The van der Waals surface area contributed by atoms with Crippen molar-refractivity contribution in [3.05, 3.63) is 0 Å². The lowest BCUT2D eigenvalue weighted by atomic mass is 9.82. The van der Waals surface area contributed by atoms with Crippen molar-refractivity contribution in [1.29, 1.82) is 0 Å². The molecule has 10 heavy (non-hydrogen) atoms.